The summed E-state index contributed by atoms with van der Waals surface area (Å²) in [6.45, 7) is 7.61. The Kier molecular flexibility index (Phi) is 5.74. The molecule has 1 amide bonds. The van der Waals surface area contributed by atoms with E-state index in [2.05, 4.69) is 19.2 Å². The summed E-state index contributed by atoms with van der Waals surface area (Å²) in [4.78, 5) is 24.2. The first-order valence-electron chi connectivity index (χ1n) is 8.02. The molecular formula is C20H23NO3. The van der Waals surface area contributed by atoms with Crippen LogP contribution in [-0.2, 0) is 9.53 Å². The van der Waals surface area contributed by atoms with Crippen LogP contribution in [0.4, 0.5) is 5.69 Å². The number of amides is 1. The van der Waals surface area contributed by atoms with Crippen molar-refractivity contribution < 1.29 is 14.3 Å². The van der Waals surface area contributed by atoms with Gasteiger partial charge in [0.15, 0.2) is 6.61 Å². The van der Waals surface area contributed by atoms with Crippen molar-refractivity contribution in [1.29, 1.82) is 0 Å². The van der Waals surface area contributed by atoms with E-state index >= 15 is 0 Å². The van der Waals surface area contributed by atoms with Crippen molar-refractivity contribution >= 4 is 17.6 Å². The molecule has 0 unspecified atom stereocenters. The molecule has 0 fully saturated rings. The molecule has 126 valence electrons. The van der Waals surface area contributed by atoms with Crippen LogP contribution in [0.25, 0.3) is 0 Å². The van der Waals surface area contributed by atoms with Crippen molar-refractivity contribution in [2.24, 2.45) is 0 Å². The number of carbonyl (C=O) groups excluding carboxylic acids is 2. The third-order valence-corrected chi connectivity index (χ3v) is 4.02. The van der Waals surface area contributed by atoms with E-state index in [-0.39, 0.29) is 12.5 Å². The molecule has 2 aromatic carbocycles. The summed E-state index contributed by atoms with van der Waals surface area (Å²) in [6.07, 6.45) is 0. The third-order valence-electron chi connectivity index (χ3n) is 4.02. The Hall–Kier alpha value is -2.62. The molecule has 0 atom stereocenters. The van der Waals surface area contributed by atoms with Gasteiger partial charge in [0.25, 0.3) is 5.91 Å². The van der Waals surface area contributed by atoms with E-state index in [4.69, 9.17) is 4.74 Å². The molecule has 4 heteroatoms. The number of esters is 1. The first-order valence-corrected chi connectivity index (χ1v) is 8.02. The lowest BCUT2D eigenvalue weighted by Gasteiger charge is -2.14. The number of anilines is 1. The number of carbonyl (C=O) groups is 2. The number of hydrogen-bond donors (Lipinski definition) is 1. The Labute approximate surface area is 142 Å². The normalized spacial score (nSPS) is 10.5. The number of aryl methyl sites for hydroxylation is 1. The maximum atomic E-state index is 12.1. The summed E-state index contributed by atoms with van der Waals surface area (Å²) >= 11 is 0. The van der Waals surface area contributed by atoms with E-state index in [1.165, 1.54) is 0 Å². The smallest absolute Gasteiger partial charge is 0.338 e. The van der Waals surface area contributed by atoms with E-state index in [0.717, 1.165) is 22.4 Å². The Bertz CT molecular complexity index is 750. The van der Waals surface area contributed by atoms with E-state index in [1.807, 2.05) is 44.2 Å². The van der Waals surface area contributed by atoms with E-state index in [9.17, 15) is 9.59 Å². The zero-order chi connectivity index (χ0) is 17.7. The second-order valence-corrected chi connectivity index (χ2v) is 6.11. The number of para-hydroxylation sites is 1. The van der Waals surface area contributed by atoms with Gasteiger partial charge in [0.05, 0.1) is 5.56 Å². The monoisotopic (exact) mass is 325 g/mol. The minimum atomic E-state index is -0.483. The van der Waals surface area contributed by atoms with Crippen LogP contribution in [0.3, 0.4) is 0 Å². The molecule has 0 aromatic heterocycles. The number of nitrogens with one attached hydrogen (secondary N) is 1. The maximum Gasteiger partial charge on any atom is 0.338 e. The molecule has 0 aliphatic carbocycles. The second kappa shape index (κ2) is 7.77. The molecule has 2 rings (SSSR count). The summed E-state index contributed by atoms with van der Waals surface area (Å²) in [5.41, 5.74) is 4.17. The fraction of sp³-hybridized carbons (Fsp3) is 0.300. The lowest BCUT2D eigenvalue weighted by molar-refractivity contribution is -0.119. The summed E-state index contributed by atoms with van der Waals surface area (Å²) in [6, 6.07) is 13.1. The fourth-order valence-corrected chi connectivity index (χ4v) is 2.48. The molecule has 2 aromatic rings. The van der Waals surface area contributed by atoms with Crippen LogP contribution in [0.5, 0.6) is 0 Å². The Morgan fingerprint density at radius 2 is 1.75 bits per heavy atom. The predicted molar refractivity (Wildman–Crippen MR) is 95.4 cm³/mol. The number of hydrogen-bond acceptors (Lipinski definition) is 3. The largest absolute Gasteiger partial charge is 0.452 e. The zero-order valence-corrected chi connectivity index (χ0v) is 14.6. The lowest BCUT2D eigenvalue weighted by atomic mass is 10.0. The standard InChI is InChI=1S/C20H23NO3/c1-13(2)16-9-5-6-11-18(16)21-19(22)12-24-20(23)17-10-7-8-14(3)15(17)4/h5-11,13H,12H2,1-4H3,(H,21,22). The number of benzene rings is 2. The van der Waals surface area contributed by atoms with Gasteiger partial charge < -0.3 is 10.1 Å². The minimum absolute atomic E-state index is 0.291. The van der Waals surface area contributed by atoms with Gasteiger partial charge in [-0.05, 0) is 48.6 Å². The molecule has 0 bridgehead atoms. The van der Waals surface area contributed by atoms with Crippen LogP contribution in [0, 0.1) is 13.8 Å². The van der Waals surface area contributed by atoms with Crippen molar-refractivity contribution in [3.8, 4) is 0 Å². The SMILES string of the molecule is Cc1cccc(C(=O)OCC(=O)Nc2ccccc2C(C)C)c1C. The lowest BCUT2D eigenvalue weighted by Crippen LogP contribution is -2.22. The third kappa shape index (κ3) is 4.22. The molecule has 0 aliphatic heterocycles. The molecule has 1 N–H and O–H groups in total. The molecule has 0 saturated carbocycles. The van der Waals surface area contributed by atoms with Crippen molar-refractivity contribution in [2.75, 3.05) is 11.9 Å². The fourth-order valence-electron chi connectivity index (χ4n) is 2.48. The first kappa shape index (κ1) is 17.7. The zero-order valence-electron chi connectivity index (χ0n) is 14.6. The van der Waals surface area contributed by atoms with Gasteiger partial charge in [0.2, 0.25) is 0 Å². The second-order valence-electron chi connectivity index (χ2n) is 6.11. The van der Waals surface area contributed by atoms with Gasteiger partial charge in [-0.2, -0.15) is 0 Å². The molecule has 4 nitrogen and oxygen atoms in total. The van der Waals surface area contributed by atoms with Gasteiger partial charge in [-0.3, -0.25) is 4.79 Å². The van der Waals surface area contributed by atoms with Crippen LogP contribution in [0.15, 0.2) is 42.5 Å². The highest BCUT2D eigenvalue weighted by Gasteiger charge is 2.14. The van der Waals surface area contributed by atoms with Gasteiger partial charge >= 0.3 is 5.97 Å². The minimum Gasteiger partial charge on any atom is -0.452 e. The van der Waals surface area contributed by atoms with Gasteiger partial charge in [-0.1, -0.05) is 44.2 Å². The van der Waals surface area contributed by atoms with Crippen molar-refractivity contribution in [3.05, 3.63) is 64.7 Å². The highest BCUT2D eigenvalue weighted by molar-refractivity contribution is 5.96. The molecule has 0 heterocycles. The van der Waals surface area contributed by atoms with Gasteiger partial charge in [0, 0.05) is 5.69 Å². The maximum absolute atomic E-state index is 12.1. The average molecular weight is 325 g/mol. The van der Waals surface area contributed by atoms with Gasteiger partial charge in [-0.25, -0.2) is 4.79 Å². The van der Waals surface area contributed by atoms with Crippen LogP contribution in [0.2, 0.25) is 0 Å². The molecular weight excluding hydrogens is 302 g/mol. The van der Waals surface area contributed by atoms with Gasteiger partial charge in [-0.15, -0.1) is 0 Å². The topological polar surface area (TPSA) is 55.4 Å². The van der Waals surface area contributed by atoms with Crippen LogP contribution in [0.1, 0.15) is 46.8 Å². The van der Waals surface area contributed by atoms with Crippen molar-refractivity contribution in [3.63, 3.8) is 0 Å². The Morgan fingerprint density at radius 1 is 1.04 bits per heavy atom. The van der Waals surface area contributed by atoms with Crippen LogP contribution in [-0.4, -0.2) is 18.5 Å². The molecule has 0 radical (unpaired) electrons. The molecule has 0 saturated heterocycles. The number of rotatable bonds is 5. The summed E-state index contributed by atoms with van der Waals surface area (Å²) in [7, 11) is 0. The van der Waals surface area contributed by atoms with E-state index in [0.29, 0.717) is 11.5 Å². The van der Waals surface area contributed by atoms with Gasteiger partial charge in [0.1, 0.15) is 0 Å². The van der Waals surface area contributed by atoms with Crippen molar-refractivity contribution in [1.82, 2.24) is 0 Å². The molecule has 0 spiro atoms. The molecule has 24 heavy (non-hydrogen) atoms. The average Bonchev–Trinajstić information content (AvgIpc) is 2.55. The highest BCUT2D eigenvalue weighted by Crippen LogP contribution is 2.23. The van der Waals surface area contributed by atoms with E-state index in [1.54, 1.807) is 12.1 Å². The summed E-state index contributed by atoms with van der Waals surface area (Å²) in [5, 5.41) is 2.81. The Morgan fingerprint density at radius 3 is 2.46 bits per heavy atom. The molecule has 0 aliphatic rings. The first-order chi connectivity index (χ1) is 11.4. The van der Waals surface area contributed by atoms with E-state index < -0.39 is 5.97 Å². The summed E-state index contributed by atoms with van der Waals surface area (Å²) < 4.78 is 5.15. The predicted octanol–water partition coefficient (Wildman–Crippen LogP) is 4.22. The highest BCUT2D eigenvalue weighted by atomic mass is 16.5. The van der Waals surface area contributed by atoms with Crippen LogP contribution < -0.4 is 5.32 Å². The quantitative estimate of drug-likeness (QED) is 0.837. The Balaban J connectivity index is 1.99. The number of ether oxygens (including phenoxy) is 1. The summed E-state index contributed by atoms with van der Waals surface area (Å²) in [5.74, 6) is -0.538. The van der Waals surface area contributed by atoms with Crippen molar-refractivity contribution in [2.45, 2.75) is 33.6 Å². The van der Waals surface area contributed by atoms with Crippen LogP contribution >= 0.6 is 0 Å².